The van der Waals surface area contributed by atoms with Gasteiger partial charge in [0.2, 0.25) is 5.91 Å². The molecule has 0 bridgehead atoms. The van der Waals surface area contributed by atoms with Gasteiger partial charge in [0.15, 0.2) is 0 Å². The van der Waals surface area contributed by atoms with Gasteiger partial charge in [0, 0.05) is 26.2 Å². The summed E-state index contributed by atoms with van der Waals surface area (Å²) in [4.78, 5) is 26.3. The first kappa shape index (κ1) is 17.7. The molecule has 2 rings (SSSR count). The van der Waals surface area contributed by atoms with E-state index in [1.165, 1.54) is 4.90 Å². The van der Waals surface area contributed by atoms with Gasteiger partial charge in [-0.25, -0.2) is 0 Å². The van der Waals surface area contributed by atoms with E-state index in [1.54, 1.807) is 20.2 Å². The first-order valence-corrected chi connectivity index (χ1v) is 7.99. The number of benzene rings is 1. The topological polar surface area (TPSA) is 78.1 Å². The van der Waals surface area contributed by atoms with Gasteiger partial charge in [0.05, 0.1) is 0 Å². The van der Waals surface area contributed by atoms with Crippen LogP contribution in [-0.2, 0) is 11.2 Å². The molecule has 0 aliphatic rings. The maximum atomic E-state index is 12.4. The number of nitrogens with zero attached hydrogens (tertiary/aromatic N) is 2. The molecule has 2 aromatic rings. The quantitative estimate of drug-likeness (QED) is 0.851. The minimum absolute atomic E-state index is 0.146. The number of likely N-dealkylation sites (N-methyl/N-ethyl adjacent to an activating group) is 1. The molecule has 6 nitrogen and oxygen atoms in total. The Hall–Kier alpha value is -2.63. The third kappa shape index (κ3) is 4.44. The van der Waals surface area contributed by atoms with Gasteiger partial charge in [-0.05, 0) is 17.5 Å². The van der Waals surface area contributed by atoms with Crippen LogP contribution in [-0.4, -0.2) is 47.0 Å². The standard InChI is InChI=1S/C18H24N4O2/c1-12(2)14-11-15(21-20-14)17(23)19-16(18(24)22(3)4)10-13-8-6-5-7-9-13/h5-9,11-12,16H,10H2,1-4H3,(H,19,23)(H,20,21)/t16-/m0/s1. The van der Waals surface area contributed by atoms with Crippen LogP contribution in [0.5, 0.6) is 0 Å². The Kier molecular flexibility index (Phi) is 5.73. The summed E-state index contributed by atoms with van der Waals surface area (Å²) in [5.41, 5.74) is 2.17. The molecule has 0 fully saturated rings. The van der Waals surface area contributed by atoms with Crippen LogP contribution in [0.3, 0.4) is 0 Å². The average Bonchev–Trinajstić information content (AvgIpc) is 3.04. The van der Waals surface area contributed by atoms with E-state index in [0.29, 0.717) is 12.1 Å². The Morgan fingerprint density at radius 2 is 1.88 bits per heavy atom. The zero-order valence-electron chi connectivity index (χ0n) is 14.5. The fraction of sp³-hybridized carbons (Fsp3) is 0.389. The van der Waals surface area contributed by atoms with Crippen LogP contribution in [0, 0.1) is 0 Å². The average molecular weight is 328 g/mol. The number of hydrogen-bond donors (Lipinski definition) is 2. The van der Waals surface area contributed by atoms with E-state index in [2.05, 4.69) is 15.5 Å². The summed E-state index contributed by atoms with van der Waals surface area (Å²) in [6.45, 7) is 4.03. The fourth-order valence-electron chi connectivity index (χ4n) is 2.34. The lowest BCUT2D eigenvalue weighted by Crippen LogP contribution is -2.47. The highest BCUT2D eigenvalue weighted by Crippen LogP contribution is 2.12. The zero-order chi connectivity index (χ0) is 17.7. The molecule has 0 spiro atoms. The Balaban J connectivity index is 2.14. The highest BCUT2D eigenvalue weighted by atomic mass is 16.2. The van der Waals surface area contributed by atoms with Gasteiger partial charge in [0.25, 0.3) is 5.91 Å². The summed E-state index contributed by atoms with van der Waals surface area (Å²) in [5.74, 6) is -0.247. The number of H-pyrrole nitrogens is 1. The minimum atomic E-state index is -0.630. The number of hydrogen-bond acceptors (Lipinski definition) is 3. The number of nitrogens with one attached hydrogen (secondary N) is 2. The number of rotatable bonds is 6. The van der Waals surface area contributed by atoms with Gasteiger partial charge in [-0.15, -0.1) is 0 Å². The lowest BCUT2D eigenvalue weighted by atomic mass is 10.0. The van der Waals surface area contributed by atoms with E-state index in [1.807, 2.05) is 44.2 Å². The van der Waals surface area contributed by atoms with Crippen LogP contribution in [0.25, 0.3) is 0 Å². The van der Waals surface area contributed by atoms with Gasteiger partial charge < -0.3 is 10.2 Å². The fourth-order valence-corrected chi connectivity index (χ4v) is 2.34. The van der Waals surface area contributed by atoms with Crippen molar-refractivity contribution in [3.05, 3.63) is 53.3 Å². The second-order valence-corrected chi connectivity index (χ2v) is 6.31. The third-order valence-electron chi connectivity index (χ3n) is 3.78. The highest BCUT2D eigenvalue weighted by Gasteiger charge is 2.24. The van der Waals surface area contributed by atoms with E-state index >= 15 is 0 Å². The van der Waals surface area contributed by atoms with E-state index in [0.717, 1.165) is 11.3 Å². The van der Waals surface area contributed by atoms with Gasteiger partial charge >= 0.3 is 0 Å². The molecule has 1 aromatic carbocycles. The van der Waals surface area contributed by atoms with Crippen LogP contribution in [0.1, 0.15) is 41.5 Å². The number of aromatic nitrogens is 2. The van der Waals surface area contributed by atoms with Crippen LogP contribution < -0.4 is 5.32 Å². The van der Waals surface area contributed by atoms with Gasteiger partial charge in [-0.3, -0.25) is 14.7 Å². The summed E-state index contributed by atoms with van der Waals surface area (Å²) in [5, 5.41) is 9.70. The Bertz CT molecular complexity index is 692. The Morgan fingerprint density at radius 3 is 2.42 bits per heavy atom. The summed E-state index contributed by atoms with van der Waals surface area (Å²) >= 11 is 0. The van der Waals surface area contributed by atoms with E-state index in [-0.39, 0.29) is 17.7 Å². The zero-order valence-corrected chi connectivity index (χ0v) is 14.5. The smallest absolute Gasteiger partial charge is 0.272 e. The summed E-state index contributed by atoms with van der Waals surface area (Å²) in [7, 11) is 3.36. The van der Waals surface area contributed by atoms with E-state index in [4.69, 9.17) is 0 Å². The Labute approximate surface area is 142 Å². The number of carbonyl (C=O) groups excluding carboxylic acids is 2. The Morgan fingerprint density at radius 1 is 1.21 bits per heavy atom. The molecule has 0 radical (unpaired) electrons. The number of amides is 2. The molecular weight excluding hydrogens is 304 g/mol. The second kappa shape index (κ2) is 7.77. The molecule has 2 N–H and O–H groups in total. The molecule has 0 aliphatic carbocycles. The second-order valence-electron chi connectivity index (χ2n) is 6.31. The molecule has 6 heteroatoms. The molecule has 1 aromatic heterocycles. The van der Waals surface area contributed by atoms with Gasteiger partial charge in [-0.2, -0.15) is 5.10 Å². The molecule has 24 heavy (non-hydrogen) atoms. The van der Waals surface area contributed by atoms with Crippen LogP contribution in [0.4, 0.5) is 0 Å². The first-order valence-electron chi connectivity index (χ1n) is 7.99. The molecule has 0 aliphatic heterocycles. The molecule has 2 amide bonds. The molecule has 0 saturated carbocycles. The van der Waals surface area contributed by atoms with Crippen molar-refractivity contribution < 1.29 is 9.59 Å². The van der Waals surface area contributed by atoms with Gasteiger partial charge in [-0.1, -0.05) is 44.2 Å². The normalized spacial score (nSPS) is 12.0. The van der Waals surface area contributed by atoms with Crippen molar-refractivity contribution in [1.82, 2.24) is 20.4 Å². The van der Waals surface area contributed by atoms with Crippen molar-refractivity contribution in [2.45, 2.75) is 32.2 Å². The van der Waals surface area contributed by atoms with Crippen molar-refractivity contribution in [3.63, 3.8) is 0 Å². The highest BCUT2D eigenvalue weighted by molar-refractivity contribution is 5.96. The monoisotopic (exact) mass is 328 g/mol. The van der Waals surface area contributed by atoms with Crippen molar-refractivity contribution >= 4 is 11.8 Å². The van der Waals surface area contributed by atoms with Crippen molar-refractivity contribution in [3.8, 4) is 0 Å². The maximum absolute atomic E-state index is 12.4. The van der Waals surface area contributed by atoms with E-state index < -0.39 is 6.04 Å². The predicted octanol–water partition coefficient (Wildman–Crippen LogP) is 1.96. The molecule has 1 atom stereocenters. The van der Waals surface area contributed by atoms with Crippen molar-refractivity contribution in [1.29, 1.82) is 0 Å². The van der Waals surface area contributed by atoms with Crippen molar-refractivity contribution in [2.75, 3.05) is 14.1 Å². The van der Waals surface area contributed by atoms with E-state index in [9.17, 15) is 9.59 Å². The summed E-state index contributed by atoms with van der Waals surface area (Å²) < 4.78 is 0. The summed E-state index contributed by atoms with van der Waals surface area (Å²) in [6.07, 6.45) is 0.436. The maximum Gasteiger partial charge on any atom is 0.272 e. The molecule has 1 heterocycles. The van der Waals surface area contributed by atoms with Crippen LogP contribution in [0.2, 0.25) is 0 Å². The predicted molar refractivity (Wildman–Crippen MR) is 92.8 cm³/mol. The molecule has 128 valence electrons. The number of aromatic amines is 1. The van der Waals surface area contributed by atoms with Crippen LogP contribution in [0.15, 0.2) is 36.4 Å². The molecule has 0 saturated heterocycles. The SMILES string of the molecule is CC(C)c1cc(C(=O)N[C@@H](Cc2ccccc2)C(=O)N(C)C)n[nH]1. The van der Waals surface area contributed by atoms with Crippen molar-refractivity contribution in [2.24, 2.45) is 0 Å². The van der Waals surface area contributed by atoms with Crippen LogP contribution >= 0.6 is 0 Å². The number of carbonyl (C=O) groups is 2. The van der Waals surface area contributed by atoms with Gasteiger partial charge in [0.1, 0.15) is 11.7 Å². The largest absolute Gasteiger partial charge is 0.347 e. The first-order chi connectivity index (χ1) is 11.4. The molecular formula is C18H24N4O2. The summed E-state index contributed by atoms with van der Waals surface area (Å²) in [6, 6.07) is 10.7. The third-order valence-corrected chi connectivity index (χ3v) is 3.78. The minimum Gasteiger partial charge on any atom is -0.347 e. The lowest BCUT2D eigenvalue weighted by Gasteiger charge is -2.21. The lowest BCUT2D eigenvalue weighted by molar-refractivity contribution is -0.130. The molecule has 0 unspecified atom stereocenters.